The van der Waals surface area contributed by atoms with Crippen molar-refractivity contribution < 1.29 is 4.74 Å². The summed E-state index contributed by atoms with van der Waals surface area (Å²) in [5.41, 5.74) is 1.27. The number of H-pyrrole nitrogens is 1. The normalized spacial score (nSPS) is 12.0. The molecular weight excluding hydrogens is 204 g/mol. The van der Waals surface area contributed by atoms with Gasteiger partial charge >= 0.3 is 5.69 Å². The second-order valence-electron chi connectivity index (χ2n) is 4.79. The van der Waals surface area contributed by atoms with E-state index in [0.717, 1.165) is 11.0 Å². The Morgan fingerprint density at radius 2 is 2.00 bits per heavy atom. The van der Waals surface area contributed by atoms with Gasteiger partial charge in [-0.25, -0.2) is 4.79 Å². The number of aromatic nitrogens is 2. The van der Waals surface area contributed by atoms with Crippen LogP contribution >= 0.6 is 0 Å². The van der Waals surface area contributed by atoms with Crippen LogP contribution in [0, 0.1) is 0 Å². The first kappa shape index (κ1) is 10.8. The molecule has 0 radical (unpaired) electrons. The molecule has 1 heterocycles. The molecule has 0 bridgehead atoms. The summed E-state index contributed by atoms with van der Waals surface area (Å²) >= 11 is 0. The summed E-state index contributed by atoms with van der Waals surface area (Å²) in [6, 6.07) is 5.64. The Morgan fingerprint density at radius 3 is 2.56 bits per heavy atom. The zero-order chi connectivity index (χ0) is 11.9. The van der Waals surface area contributed by atoms with Gasteiger partial charge in [-0.15, -0.1) is 0 Å². The van der Waals surface area contributed by atoms with Crippen LogP contribution in [0.3, 0.4) is 0 Å². The van der Waals surface area contributed by atoms with Crippen molar-refractivity contribution in [1.29, 1.82) is 0 Å². The molecule has 86 valence electrons. The fourth-order valence-corrected chi connectivity index (χ4v) is 1.94. The monoisotopic (exact) mass is 220 g/mol. The zero-order valence-electron chi connectivity index (χ0n) is 10.00. The Labute approximate surface area is 93.9 Å². The van der Waals surface area contributed by atoms with Crippen molar-refractivity contribution in [2.45, 2.75) is 26.3 Å². The minimum absolute atomic E-state index is 0.105. The molecule has 1 N–H and O–H groups in total. The molecular formula is C12H16N2O2. The van der Waals surface area contributed by atoms with Gasteiger partial charge < -0.3 is 9.72 Å². The molecule has 16 heavy (non-hydrogen) atoms. The van der Waals surface area contributed by atoms with E-state index in [1.54, 1.807) is 11.7 Å². The number of benzene rings is 1. The van der Waals surface area contributed by atoms with Crippen LogP contribution < -0.4 is 10.4 Å². The first-order valence-corrected chi connectivity index (χ1v) is 5.23. The third-order valence-electron chi connectivity index (χ3n) is 2.57. The van der Waals surface area contributed by atoms with Crippen molar-refractivity contribution in [2.24, 2.45) is 0 Å². The molecule has 0 aliphatic rings. The SMILES string of the molecule is COc1cccc2c1[nH]c(=O)n2C(C)(C)C. The van der Waals surface area contributed by atoms with Crippen molar-refractivity contribution >= 4 is 11.0 Å². The first-order chi connectivity index (χ1) is 7.45. The lowest BCUT2D eigenvalue weighted by atomic mass is 10.1. The van der Waals surface area contributed by atoms with Gasteiger partial charge in [0.15, 0.2) is 0 Å². The third-order valence-corrected chi connectivity index (χ3v) is 2.57. The molecule has 0 aliphatic carbocycles. The van der Waals surface area contributed by atoms with E-state index in [1.165, 1.54) is 0 Å². The molecule has 0 aliphatic heterocycles. The van der Waals surface area contributed by atoms with Gasteiger partial charge in [-0.1, -0.05) is 6.07 Å². The zero-order valence-corrected chi connectivity index (χ0v) is 10.00. The van der Waals surface area contributed by atoms with Gasteiger partial charge in [0.05, 0.1) is 12.6 Å². The number of hydrogen-bond acceptors (Lipinski definition) is 2. The molecule has 2 rings (SSSR count). The molecule has 1 aromatic heterocycles. The van der Waals surface area contributed by atoms with Gasteiger partial charge in [-0.3, -0.25) is 4.57 Å². The highest BCUT2D eigenvalue weighted by Gasteiger charge is 2.20. The average Bonchev–Trinajstić information content (AvgIpc) is 2.52. The first-order valence-electron chi connectivity index (χ1n) is 5.23. The fourth-order valence-electron chi connectivity index (χ4n) is 1.94. The Morgan fingerprint density at radius 1 is 1.31 bits per heavy atom. The number of nitrogens with zero attached hydrogens (tertiary/aromatic N) is 1. The molecule has 0 spiro atoms. The number of nitrogens with one attached hydrogen (secondary N) is 1. The summed E-state index contributed by atoms with van der Waals surface area (Å²) in [6.07, 6.45) is 0. The standard InChI is InChI=1S/C12H16N2O2/c1-12(2,3)14-8-6-5-7-9(16-4)10(8)13-11(14)15/h5-7H,1-4H3,(H,13,15). The lowest BCUT2D eigenvalue weighted by molar-refractivity contribution is 0.397. The molecule has 0 unspecified atom stereocenters. The van der Waals surface area contributed by atoms with Crippen molar-refractivity contribution in [1.82, 2.24) is 9.55 Å². The number of hydrogen-bond donors (Lipinski definition) is 1. The second-order valence-corrected chi connectivity index (χ2v) is 4.79. The predicted octanol–water partition coefficient (Wildman–Crippen LogP) is 2.09. The Bertz CT molecular complexity index is 573. The van der Waals surface area contributed by atoms with Crippen molar-refractivity contribution in [3.05, 3.63) is 28.7 Å². The minimum atomic E-state index is -0.248. The van der Waals surface area contributed by atoms with Crippen molar-refractivity contribution in [3.8, 4) is 5.75 Å². The van der Waals surface area contributed by atoms with Gasteiger partial charge in [0, 0.05) is 5.54 Å². The summed E-state index contributed by atoms with van der Waals surface area (Å²) in [5.74, 6) is 0.692. The number of fused-ring (bicyclic) bond motifs is 1. The summed E-state index contributed by atoms with van der Waals surface area (Å²) in [5, 5.41) is 0. The summed E-state index contributed by atoms with van der Waals surface area (Å²) in [6.45, 7) is 6.00. The minimum Gasteiger partial charge on any atom is -0.494 e. The highest BCUT2D eigenvalue weighted by Crippen LogP contribution is 2.25. The number of rotatable bonds is 1. The largest absolute Gasteiger partial charge is 0.494 e. The molecule has 4 nitrogen and oxygen atoms in total. The van der Waals surface area contributed by atoms with E-state index in [0.29, 0.717) is 5.75 Å². The van der Waals surface area contributed by atoms with E-state index in [1.807, 2.05) is 39.0 Å². The average molecular weight is 220 g/mol. The van der Waals surface area contributed by atoms with Crippen LogP contribution in [0.25, 0.3) is 11.0 Å². The number of aromatic amines is 1. The number of ether oxygens (including phenoxy) is 1. The summed E-state index contributed by atoms with van der Waals surface area (Å²) < 4.78 is 6.97. The van der Waals surface area contributed by atoms with Crippen LogP contribution in [0.2, 0.25) is 0 Å². The molecule has 4 heteroatoms. The highest BCUT2D eigenvalue weighted by molar-refractivity contribution is 5.82. The van der Waals surface area contributed by atoms with Crippen LogP contribution in [0.1, 0.15) is 20.8 Å². The van der Waals surface area contributed by atoms with E-state index < -0.39 is 0 Å². The molecule has 0 amide bonds. The van der Waals surface area contributed by atoms with Crippen LogP contribution in [-0.4, -0.2) is 16.7 Å². The number of para-hydroxylation sites is 1. The van der Waals surface area contributed by atoms with E-state index in [-0.39, 0.29) is 11.2 Å². The number of imidazole rings is 1. The van der Waals surface area contributed by atoms with E-state index in [4.69, 9.17) is 4.74 Å². The lowest BCUT2D eigenvalue weighted by Gasteiger charge is -2.20. The van der Waals surface area contributed by atoms with E-state index in [9.17, 15) is 4.79 Å². The molecule has 0 fully saturated rings. The lowest BCUT2D eigenvalue weighted by Crippen LogP contribution is -2.31. The van der Waals surface area contributed by atoms with Gasteiger partial charge in [0.2, 0.25) is 0 Å². The molecule has 0 atom stereocenters. The summed E-state index contributed by atoms with van der Waals surface area (Å²) in [4.78, 5) is 14.7. The second kappa shape index (κ2) is 3.40. The third kappa shape index (κ3) is 1.50. The molecule has 2 aromatic rings. The smallest absolute Gasteiger partial charge is 0.327 e. The Kier molecular flexibility index (Phi) is 2.30. The molecule has 1 aromatic carbocycles. The summed E-state index contributed by atoms with van der Waals surface area (Å²) in [7, 11) is 1.60. The maximum absolute atomic E-state index is 11.9. The van der Waals surface area contributed by atoms with Gasteiger partial charge in [-0.2, -0.15) is 0 Å². The maximum Gasteiger partial charge on any atom is 0.327 e. The molecule has 0 saturated carbocycles. The predicted molar refractivity (Wildman–Crippen MR) is 64.1 cm³/mol. The quantitative estimate of drug-likeness (QED) is 0.800. The van der Waals surface area contributed by atoms with E-state index >= 15 is 0 Å². The van der Waals surface area contributed by atoms with Crippen LogP contribution in [0.4, 0.5) is 0 Å². The van der Waals surface area contributed by atoms with Crippen molar-refractivity contribution in [2.75, 3.05) is 7.11 Å². The van der Waals surface area contributed by atoms with Crippen molar-refractivity contribution in [3.63, 3.8) is 0 Å². The molecule has 0 saturated heterocycles. The Hall–Kier alpha value is -1.71. The van der Waals surface area contributed by atoms with Crippen LogP contribution in [0.15, 0.2) is 23.0 Å². The van der Waals surface area contributed by atoms with Gasteiger partial charge in [0.25, 0.3) is 0 Å². The van der Waals surface area contributed by atoms with Gasteiger partial charge in [0.1, 0.15) is 11.3 Å². The highest BCUT2D eigenvalue weighted by atomic mass is 16.5. The fraction of sp³-hybridized carbons (Fsp3) is 0.417. The van der Waals surface area contributed by atoms with Gasteiger partial charge in [-0.05, 0) is 32.9 Å². The number of methoxy groups -OCH3 is 1. The van der Waals surface area contributed by atoms with Crippen LogP contribution in [0.5, 0.6) is 5.75 Å². The maximum atomic E-state index is 11.9. The van der Waals surface area contributed by atoms with Crippen LogP contribution in [-0.2, 0) is 5.54 Å². The topological polar surface area (TPSA) is 47.0 Å². The van der Waals surface area contributed by atoms with E-state index in [2.05, 4.69) is 4.98 Å². The Balaban J connectivity index is 2.87.